The molecule has 0 unspecified atom stereocenters. The fourth-order valence-corrected chi connectivity index (χ4v) is 2.67. The first kappa shape index (κ1) is 19.0. The van der Waals surface area contributed by atoms with Gasteiger partial charge >= 0.3 is 0 Å². The molecule has 0 aliphatic rings. The second kappa shape index (κ2) is 9.22. The van der Waals surface area contributed by atoms with E-state index in [0.29, 0.717) is 0 Å². The molecule has 5 nitrogen and oxygen atoms in total. The van der Waals surface area contributed by atoms with Crippen LogP contribution in [0.4, 0.5) is 5.69 Å². The number of benzene rings is 2. The Bertz CT molecular complexity index is 762. The highest BCUT2D eigenvalue weighted by atomic mass is 79.9. The highest BCUT2D eigenvalue weighted by molar-refractivity contribution is 9.10. The standard InChI is InChI=1S/C19H21BrN2O3/c1-13-4-3-5-16(10-13)25-9-8-18(23)21-12-19(24)22-17-7-6-15(20)11-14(17)2/h3-7,10-11H,8-9,12H2,1-2H3,(H,21,23)(H,22,24). The Hall–Kier alpha value is -2.34. The molecule has 0 aliphatic carbocycles. The normalized spacial score (nSPS) is 10.2. The van der Waals surface area contributed by atoms with Crippen molar-refractivity contribution < 1.29 is 14.3 Å². The molecule has 2 amide bonds. The molecule has 0 saturated heterocycles. The van der Waals surface area contributed by atoms with Crippen molar-refractivity contribution in [2.45, 2.75) is 20.3 Å². The average Bonchev–Trinajstić information content (AvgIpc) is 2.56. The van der Waals surface area contributed by atoms with E-state index < -0.39 is 0 Å². The van der Waals surface area contributed by atoms with Gasteiger partial charge in [0.1, 0.15) is 5.75 Å². The largest absolute Gasteiger partial charge is 0.493 e. The first-order chi connectivity index (χ1) is 11.9. The van der Waals surface area contributed by atoms with Crippen LogP contribution in [0.2, 0.25) is 0 Å². The van der Waals surface area contributed by atoms with Gasteiger partial charge in [-0.25, -0.2) is 0 Å². The van der Waals surface area contributed by atoms with Crippen molar-refractivity contribution in [1.82, 2.24) is 5.32 Å². The molecule has 0 bridgehead atoms. The van der Waals surface area contributed by atoms with E-state index in [2.05, 4.69) is 26.6 Å². The Balaban J connectivity index is 1.69. The van der Waals surface area contributed by atoms with Gasteiger partial charge in [-0.1, -0.05) is 28.1 Å². The van der Waals surface area contributed by atoms with E-state index in [1.807, 2.05) is 56.3 Å². The van der Waals surface area contributed by atoms with E-state index in [1.54, 1.807) is 0 Å². The summed E-state index contributed by atoms with van der Waals surface area (Å²) in [4.78, 5) is 23.7. The number of carbonyl (C=O) groups is 2. The Morgan fingerprint density at radius 2 is 1.88 bits per heavy atom. The first-order valence-corrected chi connectivity index (χ1v) is 8.75. The van der Waals surface area contributed by atoms with Crippen molar-refractivity contribution in [2.75, 3.05) is 18.5 Å². The van der Waals surface area contributed by atoms with Crippen LogP contribution in [0.1, 0.15) is 17.5 Å². The van der Waals surface area contributed by atoms with Crippen LogP contribution >= 0.6 is 15.9 Å². The summed E-state index contributed by atoms with van der Waals surface area (Å²) in [5.41, 5.74) is 2.77. The molecule has 0 aromatic heterocycles. The van der Waals surface area contributed by atoms with E-state index >= 15 is 0 Å². The molecule has 0 aliphatic heterocycles. The topological polar surface area (TPSA) is 67.4 Å². The summed E-state index contributed by atoms with van der Waals surface area (Å²) in [5.74, 6) is 0.241. The van der Waals surface area contributed by atoms with Crippen LogP contribution in [0.15, 0.2) is 46.9 Å². The molecule has 2 aromatic carbocycles. The summed E-state index contributed by atoms with van der Waals surface area (Å²) in [7, 11) is 0. The number of hydrogen-bond acceptors (Lipinski definition) is 3. The van der Waals surface area contributed by atoms with Crippen LogP contribution in [0.5, 0.6) is 5.75 Å². The number of nitrogens with one attached hydrogen (secondary N) is 2. The Morgan fingerprint density at radius 1 is 1.08 bits per heavy atom. The molecule has 0 spiro atoms. The molecule has 0 atom stereocenters. The minimum absolute atomic E-state index is 0.0707. The van der Waals surface area contributed by atoms with Crippen LogP contribution in [-0.2, 0) is 9.59 Å². The second-order valence-electron chi connectivity index (χ2n) is 5.70. The molecular formula is C19H21BrN2O3. The van der Waals surface area contributed by atoms with E-state index in [4.69, 9.17) is 4.74 Å². The van der Waals surface area contributed by atoms with Gasteiger partial charge in [0.25, 0.3) is 0 Å². The Morgan fingerprint density at radius 3 is 2.60 bits per heavy atom. The SMILES string of the molecule is Cc1cccc(OCCC(=O)NCC(=O)Nc2ccc(Br)cc2C)c1. The van der Waals surface area contributed by atoms with E-state index in [-0.39, 0.29) is 31.4 Å². The number of hydrogen-bond donors (Lipinski definition) is 2. The molecule has 2 aromatic rings. The highest BCUT2D eigenvalue weighted by Crippen LogP contribution is 2.19. The van der Waals surface area contributed by atoms with Gasteiger partial charge in [0.15, 0.2) is 0 Å². The summed E-state index contributed by atoms with van der Waals surface area (Å²) < 4.78 is 6.47. The van der Waals surface area contributed by atoms with Gasteiger partial charge in [-0.2, -0.15) is 0 Å². The number of aryl methyl sites for hydroxylation is 2. The summed E-state index contributed by atoms with van der Waals surface area (Å²) in [6.45, 7) is 4.08. The third-order valence-electron chi connectivity index (χ3n) is 3.50. The van der Waals surface area contributed by atoms with Crippen LogP contribution in [0.25, 0.3) is 0 Å². The fourth-order valence-electron chi connectivity index (χ4n) is 2.20. The lowest BCUT2D eigenvalue weighted by molar-refractivity contribution is -0.124. The number of amides is 2. The van der Waals surface area contributed by atoms with Crippen molar-refractivity contribution in [3.05, 3.63) is 58.1 Å². The van der Waals surface area contributed by atoms with E-state index in [0.717, 1.165) is 27.0 Å². The van der Waals surface area contributed by atoms with Crippen molar-refractivity contribution >= 4 is 33.4 Å². The zero-order chi connectivity index (χ0) is 18.2. The minimum Gasteiger partial charge on any atom is -0.493 e. The zero-order valence-corrected chi connectivity index (χ0v) is 15.9. The lowest BCUT2D eigenvalue weighted by Gasteiger charge is -2.10. The lowest BCUT2D eigenvalue weighted by Crippen LogP contribution is -2.33. The molecule has 2 rings (SSSR count). The molecule has 25 heavy (non-hydrogen) atoms. The van der Waals surface area contributed by atoms with Crippen molar-refractivity contribution in [2.24, 2.45) is 0 Å². The Kier molecular flexibility index (Phi) is 7.01. The zero-order valence-electron chi connectivity index (χ0n) is 14.3. The number of anilines is 1. The third-order valence-corrected chi connectivity index (χ3v) is 3.99. The predicted molar refractivity (Wildman–Crippen MR) is 102 cm³/mol. The van der Waals surface area contributed by atoms with Crippen LogP contribution in [-0.4, -0.2) is 25.0 Å². The summed E-state index contributed by atoms with van der Waals surface area (Å²) in [6, 6.07) is 13.2. The van der Waals surface area contributed by atoms with Gasteiger partial charge in [-0.3, -0.25) is 9.59 Å². The first-order valence-electron chi connectivity index (χ1n) is 7.96. The van der Waals surface area contributed by atoms with Crippen LogP contribution < -0.4 is 15.4 Å². The molecule has 0 radical (unpaired) electrons. The van der Waals surface area contributed by atoms with E-state index in [9.17, 15) is 9.59 Å². The molecule has 0 saturated carbocycles. The van der Waals surface area contributed by atoms with Crippen molar-refractivity contribution in [3.8, 4) is 5.75 Å². The van der Waals surface area contributed by atoms with Crippen LogP contribution in [0.3, 0.4) is 0 Å². The maximum absolute atomic E-state index is 11.9. The number of ether oxygens (including phenoxy) is 1. The molecule has 6 heteroatoms. The molecule has 0 fully saturated rings. The minimum atomic E-state index is -0.265. The quantitative estimate of drug-likeness (QED) is 0.740. The maximum atomic E-state index is 11.9. The van der Waals surface area contributed by atoms with Crippen LogP contribution in [0, 0.1) is 13.8 Å². The average molecular weight is 405 g/mol. The highest BCUT2D eigenvalue weighted by Gasteiger charge is 2.08. The maximum Gasteiger partial charge on any atom is 0.243 e. The number of halogens is 1. The monoisotopic (exact) mass is 404 g/mol. The second-order valence-corrected chi connectivity index (χ2v) is 6.61. The van der Waals surface area contributed by atoms with Crippen molar-refractivity contribution in [3.63, 3.8) is 0 Å². The third kappa shape index (κ3) is 6.58. The lowest BCUT2D eigenvalue weighted by atomic mass is 10.2. The number of rotatable bonds is 7. The molecule has 132 valence electrons. The van der Waals surface area contributed by atoms with Crippen molar-refractivity contribution in [1.29, 1.82) is 0 Å². The smallest absolute Gasteiger partial charge is 0.243 e. The van der Waals surface area contributed by atoms with Gasteiger partial charge in [-0.05, 0) is 55.3 Å². The summed E-state index contributed by atoms with van der Waals surface area (Å²) in [5, 5.41) is 5.37. The number of carbonyl (C=O) groups excluding carboxylic acids is 2. The van der Waals surface area contributed by atoms with E-state index in [1.165, 1.54) is 0 Å². The fraction of sp³-hybridized carbons (Fsp3) is 0.263. The van der Waals surface area contributed by atoms with Gasteiger partial charge < -0.3 is 15.4 Å². The molecule has 2 N–H and O–H groups in total. The molecular weight excluding hydrogens is 384 g/mol. The van der Waals surface area contributed by atoms with Gasteiger partial charge in [-0.15, -0.1) is 0 Å². The Labute approximate surface area is 155 Å². The summed E-state index contributed by atoms with van der Waals surface area (Å²) >= 11 is 3.38. The summed E-state index contributed by atoms with van der Waals surface area (Å²) in [6.07, 6.45) is 0.193. The van der Waals surface area contributed by atoms with Gasteiger partial charge in [0.2, 0.25) is 11.8 Å². The van der Waals surface area contributed by atoms with Gasteiger partial charge in [0.05, 0.1) is 19.6 Å². The van der Waals surface area contributed by atoms with Gasteiger partial charge in [0, 0.05) is 10.2 Å². The predicted octanol–water partition coefficient (Wildman–Crippen LogP) is 3.59. The molecule has 0 heterocycles.